The molecular formula is C19H22F3N7O3. The predicted octanol–water partition coefficient (Wildman–Crippen LogP) is 0.794. The van der Waals surface area contributed by atoms with Crippen LogP contribution in [-0.4, -0.2) is 77.5 Å². The minimum absolute atomic E-state index is 0.0977. The van der Waals surface area contributed by atoms with Crippen LogP contribution in [0.1, 0.15) is 6.42 Å². The van der Waals surface area contributed by atoms with Crippen LogP contribution in [0.2, 0.25) is 0 Å². The van der Waals surface area contributed by atoms with Crippen molar-refractivity contribution >= 4 is 40.3 Å². The number of halogens is 3. The maximum atomic E-state index is 13.3. The van der Waals surface area contributed by atoms with E-state index in [1.165, 1.54) is 9.58 Å². The Morgan fingerprint density at radius 1 is 1.28 bits per heavy atom. The molecule has 1 unspecified atom stereocenters. The lowest BCUT2D eigenvalue weighted by molar-refractivity contribution is -0.187. The fourth-order valence-electron chi connectivity index (χ4n) is 4.02. The Bertz CT molecular complexity index is 1070. The highest BCUT2D eigenvalue weighted by atomic mass is 19.4. The zero-order chi connectivity index (χ0) is 23.0. The van der Waals surface area contributed by atoms with Gasteiger partial charge in [0.05, 0.1) is 17.7 Å². The maximum Gasteiger partial charge on any atom is 0.405 e. The molecule has 0 aliphatic carbocycles. The van der Waals surface area contributed by atoms with Gasteiger partial charge >= 0.3 is 12.2 Å². The van der Waals surface area contributed by atoms with Gasteiger partial charge in [0.2, 0.25) is 11.8 Å². The minimum Gasteiger partial charge on any atom is -0.323 e. The molecule has 3 heterocycles. The lowest BCUT2D eigenvalue weighted by atomic mass is 10.1. The molecule has 2 aromatic rings. The van der Waals surface area contributed by atoms with Crippen LogP contribution < -0.4 is 20.9 Å². The number of amides is 4. The second-order valence-electron chi connectivity index (χ2n) is 7.68. The molecule has 2 aliphatic heterocycles. The minimum atomic E-state index is -4.44. The number of anilines is 2. The summed E-state index contributed by atoms with van der Waals surface area (Å²) < 4.78 is 41.3. The van der Waals surface area contributed by atoms with Crippen LogP contribution in [0.25, 0.3) is 10.9 Å². The molecule has 2 saturated heterocycles. The second kappa shape index (κ2) is 8.39. The van der Waals surface area contributed by atoms with Crippen molar-refractivity contribution in [1.29, 1.82) is 0 Å². The van der Waals surface area contributed by atoms with Crippen molar-refractivity contribution in [1.82, 2.24) is 25.3 Å². The Morgan fingerprint density at radius 2 is 2.06 bits per heavy atom. The van der Waals surface area contributed by atoms with Gasteiger partial charge in [0.1, 0.15) is 6.04 Å². The van der Waals surface area contributed by atoms with Gasteiger partial charge in [0.25, 0.3) is 0 Å². The van der Waals surface area contributed by atoms with E-state index in [9.17, 15) is 27.6 Å². The first-order chi connectivity index (χ1) is 15.1. The van der Waals surface area contributed by atoms with Gasteiger partial charge in [0, 0.05) is 45.0 Å². The van der Waals surface area contributed by atoms with Gasteiger partial charge in [-0.2, -0.15) is 18.3 Å². The molecule has 3 N–H and O–H groups in total. The van der Waals surface area contributed by atoms with E-state index < -0.39 is 30.7 Å². The van der Waals surface area contributed by atoms with Crippen molar-refractivity contribution in [2.45, 2.75) is 18.6 Å². The van der Waals surface area contributed by atoms with E-state index in [2.05, 4.69) is 21.0 Å². The summed E-state index contributed by atoms with van der Waals surface area (Å²) in [5.74, 6) is -0.634. The van der Waals surface area contributed by atoms with Gasteiger partial charge in [-0.15, -0.1) is 0 Å². The molecule has 32 heavy (non-hydrogen) atoms. The third kappa shape index (κ3) is 4.25. The molecule has 1 atom stereocenters. The largest absolute Gasteiger partial charge is 0.405 e. The highest BCUT2D eigenvalue weighted by Gasteiger charge is 2.45. The van der Waals surface area contributed by atoms with Gasteiger partial charge < -0.3 is 10.6 Å². The standard InChI is InChI=1S/C19H22F3N7O3/c1-27-16-11(17(26-27)29-7-5-14(30)25-18(29)32)3-2-4-12(16)24-15(31)10-28-8-6-23-9-13(28)19(20,21)22/h2-4,13,23H,5-10H2,1H3,(H,24,31)(H,25,30,32). The third-order valence-corrected chi connectivity index (χ3v) is 5.51. The number of hydrogen-bond acceptors (Lipinski definition) is 6. The summed E-state index contributed by atoms with van der Waals surface area (Å²) in [6, 6.07) is 2.66. The van der Waals surface area contributed by atoms with E-state index in [-0.39, 0.29) is 32.0 Å². The quantitative estimate of drug-likeness (QED) is 0.632. The number of rotatable bonds is 4. The summed E-state index contributed by atoms with van der Waals surface area (Å²) in [4.78, 5) is 38.7. The summed E-state index contributed by atoms with van der Waals surface area (Å²) in [7, 11) is 1.63. The van der Waals surface area contributed by atoms with Gasteiger partial charge in [-0.05, 0) is 12.1 Å². The van der Waals surface area contributed by atoms with Crippen LogP contribution in [0.3, 0.4) is 0 Å². The van der Waals surface area contributed by atoms with Gasteiger partial charge in [0.15, 0.2) is 5.82 Å². The van der Waals surface area contributed by atoms with Crippen molar-refractivity contribution in [2.75, 3.05) is 42.9 Å². The summed E-state index contributed by atoms with van der Waals surface area (Å²) in [6.45, 7) is -0.0575. The van der Waals surface area contributed by atoms with Gasteiger partial charge in [-0.1, -0.05) is 6.07 Å². The number of hydrogen-bond donors (Lipinski definition) is 3. The van der Waals surface area contributed by atoms with Crippen molar-refractivity contribution in [3.63, 3.8) is 0 Å². The van der Waals surface area contributed by atoms with Crippen molar-refractivity contribution in [3.8, 4) is 0 Å². The Kier molecular flexibility index (Phi) is 5.77. The number of carbonyl (C=O) groups excluding carboxylic acids is 3. The number of para-hydroxylation sites is 1. The first-order valence-electron chi connectivity index (χ1n) is 10.0. The fraction of sp³-hybridized carbons (Fsp3) is 0.474. The van der Waals surface area contributed by atoms with Crippen LogP contribution in [0.5, 0.6) is 0 Å². The molecule has 10 nitrogen and oxygen atoms in total. The number of alkyl halides is 3. The zero-order valence-electron chi connectivity index (χ0n) is 17.2. The average molecular weight is 453 g/mol. The van der Waals surface area contributed by atoms with Gasteiger partial charge in [-0.3, -0.25) is 29.4 Å². The molecule has 13 heteroatoms. The van der Waals surface area contributed by atoms with Gasteiger partial charge in [-0.25, -0.2) is 4.79 Å². The second-order valence-corrected chi connectivity index (χ2v) is 7.68. The Morgan fingerprint density at radius 3 is 2.78 bits per heavy atom. The summed E-state index contributed by atoms with van der Waals surface area (Å²) >= 11 is 0. The van der Waals surface area contributed by atoms with E-state index in [0.717, 1.165) is 4.90 Å². The molecule has 172 valence electrons. The summed E-state index contributed by atoms with van der Waals surface area (Å²) in [5.41, 5.74) is 0.870. The van der Waals surface area contributed by atoms with Crippen LogP contribution in [0.15, 0.2) is 18.2 Å². The average Bonchev–Trinajstić information content (AvgIpc) is 3.05. The van der Waals surface area contributed by atoms with Crippen molar-refractivity contribution in [3.05, 3.63) is 18.2 Å². The monoisotopic (exact) mass is 453 g/mol. The number of nitrogens with zero attached hydrogens (tertiary/aromatic N) is 4. The first kappa shape index (κ1) is 22.0. The molecule has 2 fully saturated rings. The number of benzene rings is 1. The summed E-state index contributed by atoms with van der Waals surface area (Å²) in [6.07, 6.45) is -4.31. The zero-order valence-corrected chi connectivity index (χ0v) is 17.2. The topological polar surface area (TPSA) is 112 Å². The van der Waals surface area contributed by atoms with Crippen LogP contribution in [0.4, 0.5) is 29.5 Å². The van der Waals surface area contributed by atoms with E-state index >= 15 is 0 Å². The molecule has 0 saturated carbocycles. The maximum absolute atomic E-state index is 13.3. The number of nitrogens with one attached hydrogen (secondary N) is 3. The molecule has 1 aromatic carbocycles. The molecule has 2 aliphatic rings. The smallest absolute Gasteiger partial charge is 0.323 e. The normalized spacial score (nSPS) is 20.5. The predicted molar refractivity (Wildman–Crippen MR) is 109 cm³/mol. The molecule has 4 amide bonds. The van der Waals surface area contributed by atoms with E-state index in [1.54, 1.807) is 25.2 Å². The van der Waals surface area contributed by atoms with Crippen LogP contribution >= 0.6 is 0 Å². The number of fused-ring (bicyclic) bond motifs is 1. The van der Waals surface area contributed by atoms with E-state index in [0.29, 0.717) is 29.0 Å². The van der Waals surface area contributed by atoms with Crippen LogP contribution in [-0.2, 0) is 16.6 Å². The highest BCUT2D eigenvalue weighted by Crippen LogP contribution is 2.32. The fourth-order valence-corrected chi connectivity index (χ4v) is 4.02. The molecule has 0 bridgehead atoms. The first-order valence-corrected chi connectivity index (χ1v) is 10.0. The van der Waals surface area contributed by atoms with Crippen molar-refractivity contribution < 1.29 is 27.6 Å². The van der Waals surface area contributed by atoms with Crippen LogP contribution in [0, 0.1) is 0 Å². The lowest BCUT2D eigenvalue weighted by Crippen LogP contribution is -2.59. The lowest BCUT2D eigenvalue weighted by Gasteiger charge is -2.36. The number of carbonyl (C=O) groups is 3. The van der Waals surface area contributed by atoms with Crippen molar-refractivity contribution in [2.24, 2.45) is 7.05 Å². The molecule has 0 spiro atoms. The third-order valence-electron chi connectivity index (χ3n) is 5.51. The Balaban J connectivity index is 1.56. The number of aryl methyl sites for hydroxylation is 1. The van der Waals surface area contributed by atoms with E-state index in [4.69, 9.17) is 0 Å². The molecule has 1 aromatic heterocycles. The molecule has 0 radical (unpaired) electrons. The Labute approximate surface area is 180 Å². The molecule has 4 rings (SSSR count). The number of imide groups is 1. The number of piperazine rings is 1. The molecular weight excluding hydrogens is 431 g/mol. The highest BCUT2D eigenvalue weighted by molar-refractivity contribution is 6.11. The number of aromatic nitrogens is 2. The summed E-state index contributed by atoms with van der Waals surface area (Å²) in [5, 5.41) is 12.5. The van der Waals surface area contributed by atoms with E-state index in [1.807, 2.05) is 0 Å². The number of urea groups is 1. The SMILES string of the molecule is Cn1nc(N2CCC(=O)NC2=O)c2cccc(NC(=O)CN3CCNCC3C(F)(F)F)c21. The Hall–Kier alpha value is -3.19.